The summed E-state index contributed by atoms with van der Waals surface area (Å²) < 4.78 is 0. The van der Waals surface area contributed by atoms with Crippen molar-refractivity contribution in [3.63, 3.8) is 0 Å². The van der Waals surface area contributed by atoms with Crippen LogP contribution in [0, 0.1) is 0 Å². The van der Waals surface area contributed by atoms with Gasteiger partial charge >= 0.3 is 0 Å². The zero-order valence-electron chi connectivity index (χ0n) is 10.9. The van der Waals surface area contributed by atoms with Gasteiger partial charge < -0.3 is 10.6 Å². The SMILES string of the molecule is C=CCNc1ccc(C(=O)Nc2cc(Cl)cc(Cl)c2)nn1. The van der Waals surface area contributed by atoms with Gasteiger partial charge in [-0.1, -0.05) is 29.3 Å². The molecule has 1 amide bonds. The summed E-state index contributed by atoms with van der Waals surface area (Å²) in [6.07, 6.45) is 1.70. The first kappa shape index (κ1) is 15.3. The summed E-state index contributed by atoms with van der Waals surface area (Å²) in [7, 11) is 0. The molecule has 0 unspecified atom stereocenters. The van der Waals surface area contributed by atoms with E-state index in [2.05, 4.69) is 27.4 Å². The van der Waals surface area contributed by atoms with E-state index in [0.717, 1.165) is 0 Å². The second-order valence-electron chi connectivity index (χ2n) is 4.09. The van der Waals surface area contributed by atoms with Crippen molar-refractivity contribution in [1.82, 2.24) is 10.2 Å². The van der Waals surface area contributed by atoms with Crippen LogP contribution in [0.15, 0.2) is 43.0 Å². The minimum absolute atomic E-state index is 0.190. The van der Waals surface area contributed by atoms with Gasteiger partial charge in [-0.3, -0.25) is 4.79 Å². The van der Waals surface area contributed by atoms with E-state index < -0.39 is 5.91 Å². The Morgan fingerprint density at radius 1 is 1.19 bits per heavy atom. The van der Waals surface area contributed by atoms with Gasteiger partial charge in [0.2, 0.25) is 0 Å². The van der Waals surface area contributed by atoms with E-state index in [0.29, 0.717) is 28.1 Å². The molecule has 21 heavy (non-hydrogen) atoms. The summed E-state index contributed by atoms with van der Waals surface area (Å²) >= 11 is 11.7. The van der Waals surface area contributed by atoms with E-state index in [-0.39, 0.29) is 5.69 Å². The Balaban J connectivity index is 2.07. The van der Waals surface area contributed by atoms with Crippen molar-refractivity contribution < 1.29 is 4.79 Å². The smallest absolute Gasteiger partial charge is 0.276 e. The molecule has 0 atom stereocenters. The molecule has 0 aliphatic rings. The fraction of sp³-hybridized carbons (Fsp3) is 0.0714. The number of hydrogen-bond acceptors (Lipinski definition) is 4. The number of rotatable bonds is 5. The van der Waals surface area contributed by atoms with Crippen LogP contribution in [0.3, 0.4) is 0 Å². The number of halogens is 2. The molecule has 0 fully saturated rings. The Hall–Kier alpha value is -2.11. The lowest BCUT2D eigenvalue weighted by molar-refractivity contribution is 0.102. The molecule has 0 saturated carbocycles. The zero-order chi connectivity index (χ0) is 15.2. The van der Waals surface area contributed by atoms with Crippen molar-refractivity contribution in [3.8, 4) is 0 Å². The number of nitrogens with one attached hydrogen (secondary N) is 2. The second-order valence-corrected chi connectivity index (χ2v) is 4.96. The van der Waals surface area contributed by atoms with Crippen LogP contribution in [0.1, 0.15) is 10.5 Å². The van der Waals surface area contributed by atoms with E-state index in [1.165, 1.54) is 0 Å². The molecular weight excluding hydrogens is 311 g/mol. The van der Waals surface area contributed by atoms with Crippen LogP contribution in [0.2, 0.25) is 10.0 Å². The molecule has 2 aromatic rings. The molecule has 2 N–H and O–H groups in total. The number of amides is 1. The largest absolute Gasteiger partial charge is 0.365 e. The molecule has 0 aliphatic heterocycles. The maximum atomic E-state index is 12.0. The van der Waals surface area contributed by atoms with Crippen LogP contribution in [-0.2, 0) is 0 Å². The average Bonchev–Trinajstić information content (AvgIpc) is 2.44. The van der Waals surface area contributed by atoms with Gasteiger partial charge in [0, 0.05) is 22.3 Å². The van der Waals surface area contributed by atoms with Crippen molar-refractivity contribution in [3.05, 3.63) is 58.7 Å². The van der Waals surface area contributed by atoms with Crippen LogP contribution < -0.4 is 10.6 Å². The summed E-state index contributed by atoms with van der Waals surface area (Å²) in [6.45, 7) is 4.16. The maximum absolute atomic E-state index is 12.0. The summed E-state index contributed by atoms with van der Waals surface area (Å²) in [5.74, 6) is 0.174. The molecular formula is C14H12Cl2N4O. The van der Waals surface area contributed by atoms with Crippen molar-refractivity contribution in [2.75, 3.05) is 17.2 Å². The molecule has 1 aromatic heterocycles. The zero-order valence-corrected chi connectivity index (χ0v) is 12.4. The number of carbonyl (C=O) groups excluding carboxylic acids is 1. The molecule has 5 nitrogen and oxygen atoms in total. The predicted octanol–water partition coefficient (Wildman–Crippen LogP) is 3.63. The van der Waals surface area contributed by atoms with E-state index in [1.54, 1.807) is 36.4 Å². The topological polar surface area (TPSA) is 66.9 Å². The molecule has 108 valence electrons. The summed E-state index contributed by atoms with van der Waals surface area (Å²) in [6, 6.07) is 8.01. The van der Waals surface area contributed by atoms with E-state index in [9.17, 15) is 4.79 Å². The number of nitrogens with zero attached hydrogens (tertiary/aromatic N) is 2. The van der Waals surface area contributed by atoms with Gasteiger partial charge in [0.05, 0.1) is 0 Å². The van der Waals surface area contributed by atoms with Crippen LogP contribution >= 0.6 is 23.2 Å². The standard InChI is InChI=1S/C14H12Cl2N4O/c1-2-5-17-13-4-3-12(19-20-13)14(21)18-11-7-9(15)6-10(16)8-11/h2-4,6-8H,1,5H2,(H,17,20)(H,18,21). The summed E-state index contributed by atoms with van der Waals surface area (Å²) in [4.78, 5) is 12.0. The van der Waals surface area contributed by atoms with Gasteiger partial charge in [-0.15, -0.1) is 16.8 Å². The van der Waals surface area contributed by atoms with Crippen molar-refractivity contribution in [2.45, 2.75) is 0 Å². The Morgan fingerprint density at radius 2 is 1.90 bits per heavy atom. The van der Waals surface area contributed by atoms with Crippen LogP contribution in [-0.4, -0.2) is 22.6 Å². The highest BCUT2D eigenvalue weighted by atomic mass is 35.5. The quantitative estimate of drug-likeness (QED) is 0.825. The molecule has 0 aliphatic carbocycles. The molecule has 7 heteroatoms. The maximum Gasteiger partial charge on any atom is 0.276 e. The van der Waals surface area contributed by atoms with Gasteiger partial charge in [-0.2, -0.15) is 0 Å². The summed E-state index contributed by atoms with van der Waals surface area (Å²) in [5.41, 5.74) is 0.684. The van der Waals surface area contributed by atoms with Gasteiger partial charge in [0.15, 0.2) is 5.69 Å². The normalized spacial score (nSPS) is 10.0. The Bertz CT molecular complexity index is 638. The monoisotopic (exact) mass is 322 g/mol. The van der Waals surface area contributed by atoms with E-state index in [1.807, 2.05) is 0 Å². The summed E-state index contributed by atoms with van der Waals surface area (Å²) in [5, 5.41) is 14.2. The number of benzene rings is 1. The lowest BCUT2D eigenvalue weighted by atomic mass is 10.3. The van der Waals surface area contributed by atoms with Gasteiger partial charge in [-0.25, -0.2) is 0 Å². The van der Waals surface area contributed by atoms with Crippen LogP contribution in [0.4, 0.5) is 11.5 Å². The molecule has 0 bridgehead atoms. The highest BCUT2D eigenvalue weighted by Crippen LogP contribution is 2.22. The van der Waals surface area contributed by atoms with Gasteiger partial charge in [0.25, 0.3) is 5.91 Å². The first-order valence-electron chi connectivity index (χ1n) is 6.04. The van der Waals surface area contributed by atoms with E-state index >= 15 is 0 Å². The Morgan fingerprint density at radius 3 is 2.48 bits per heavy atom. The first-order chi connectivity index (χ1) is 10.1. The predicted molar refractivity (Wildman–Crippen MR) is 85.1 cm³/mol. The Labute approximate surface area is 132 Å². The number of aromatic nitrogens is 2. The minimum Gasteiger partial charge on any atom is -0.365 e. The Kier molecular flexibility index (Phi) is 5.14. The van der Waals surface area contributed by atoms with Crippen molar-refractivity contribution in [2.24, 2.45) is 0 Å². The molecule has 0 radical (unpaired) electrons. The lowest BCUT2D eigenvalue weighted by Crippen LogP contribution is -2.15. The highest BCUT2D eigenvalue weighted by Gasteiger charge is 2.09. The second kappa shape index (κ2) is 7.06. The first-order valence-corrected chi connectivity index (χ1v) is 6.80. The average molecular weight is 323 g/mol. The van der Waals surface area contributed by atoms with Crippen molar-refractivity contribution >= 4 is 40.6 Å². The number of hydrogen-bond donors (Lipinski definition) is 2. The molecule has 0 spiro atoms. The van der Waals surface area contributed by atoms with Crippen LogP contribution in [0.5, 0.6) is 0 Å². The third-order valence-electron chi connectivity index (χ3n) is 2.45. The van der Waals surface area contributed by atoms with Crippen molar-refractivity contribution in [1.29, 1.82) is 0 Å². The third kappa shape index (κ3) is 4.44. The highest BCUT2D eigenvalue weighted by molar-refractivity contribution is 6.35. The molecule has 2 rings (SSSR count). The van der Waals surface area contributed by atoms with E-state index in [4.69, 9.17) is 23.2 Å². The minimum atomic E-state index is -0.392. The fourth-order valence-corrected chi connectivity index (χ4v) is 2.07. The molecule has 1 aromatic carbocycles. The van der Waals surface area contributed by atoms with Gasteiger partial charge in [0.1, 0.15) is 5.82 Å². The lowest BCUT2D eigenvalue weighted by Gasteiger charge is -2.06. The van der Waals surface area contributed by atoms with Crippen LogP contribution in [0.25, 0.3) is 0 Å². The van der Waals surface area contributed by atoms with Gasteiger partial charge in [-0.05, 0) is 30.3 Å². The number of carbonyl (C=O) groups is 1. The molecule has 0 saturated heterocycles. The fourth-order valence-electron chi connectivity index (χ4n) is 1.55. The third-order valence-corrected chi connectivity index (χ3v) is 2.88. The number of anilines is 2. The molecule has 1 heterocycles.